The molecule has 0 atom stereocenters. The molecule has 0 spiro atoms. The van der Waals surface area contributed by atoms with Crippen LogP contribution in [0.15, 0.2) is 24.5 Å². The predicted molar refractivity (Wildman–Crippen MR) is 53.8 cm³/mol. The van der Waals surface area contributed by atoms with Crippen LogP contribution in [0.25, 0.3) is 10.9 Å². The first kappa shape index (κ1) is 7.98. The SMILES string of the molecule is CNc1cc(C)nc2cnccc12. The lowest BCUT2D eigenvalue weighted by molar-refractivity contribution is 1.23. The van der Waals surface area contributed by atoms with Crippen molar-refractivity contribution >= 4 is 16.6 Å². The van der Waals surface area contributed by atoms with Crippen molar-refractivity contribution in [1.82, 2.24) is 9.97 Å². The monoisotopic (exact) mass is 173 g/mol. The Balaban J connectivity index is 2.81. The van der Waals surface area contributed by atoms with Crippen LogP contribution in [0.2, 0.25) is 0 Å². The van der Waals surface area contributed by atoms with Gasteiger partial charge in [-0.1, -0.05) is 0 Å². The molecule has 2 aromatic rings. The molecule has 0 saturated heterocycles. The highest BCUT2D eigenvalue weighted by molar-refractivity contribution is 5.90. The lowest BCUT2D eigenvalue weighted by Crippen LogP contribution is -1.93. The molecule has 13 heavy (non-hydrogen) atoms. The molecule has 1 N–H and O–H groups in total. The highest BCUT2D eigenvalue weighted by Gasteiger charge is 2.00. The lowest BCUT2D eigenvalue weighted by Gasteiger charge is -2.05. The molecule has 0 radical (unpaired) electrons. The van der Waals surface area contributed by atoms with Crippen molar-refractivity contribution in [1.29, 1.82) is 0 Å². The van der Waals surface area contributed by atoms with Gasteiger partial charge in [0.2, 0.25) is 0 Å². The molecule has 0 fully saturated rings. The summed E-state index contributed by atoms with van der Waals surface area (Å²) >= 11 is 0. The summed E-state index contributed by atoms with van der Waals surface area (Å²) in [7, 11) is 1.91. The second-order valence-corrected chi connectivity index (χ2v) is 2.95. The highest BCUT2D eigenvalue weighted by Crippen LogP contribution is 2.20. The number of pyridine rings is 2. The van der Waals surface area contributed by atoms with E-state index in [2.05, 4.69) is 15.3 Å². The normalized spacial score (nSPS) is 10.3. The maximum absolute atomic E-state index is 4.38. The summed E-state index contributed by atoms with van der Waals surface area (Å²) in [5.74, 6) is 0. The third kappa shape index (κ3) is 1.33. The molecule has 3 nitrogen and oxygen atoms in total. The second-order valence-electron chi connectivity index (χ2n) is 2.95. The van der Waals surface area contributed by atoms with E-state index in [1.165, 1.54) is 0 Å². The second kappa shape index (κ2) is 3.01. The standard InChI is InChI=1S/C10H11N3/c1-7-5-9(11-2)8-3-4-12-6-10(8)13-7/h3-6H,1-2H3,(H,11,13). The number of fused-ring (bicyclic) bond motifs is 1. The van der Waals surface area contributed by atoms with E-state index in [1.54, 1.807) is 12.4 Å². The van der Waals surface area contributed by atoms with Gasteiger partial charge in [0.25, 0.3) is 0 Å². The van der Waals surface area contributed by atoms with Gasteiger partial charge in [0.1, 0.15) is 0 Å². The molecule has 0 aromatic carbocycles. The zero-order valence-corrected chi connectivity index (χ0v) is 7.70. The summed E-state index contributed by atoms with van der Waals surface area (Å²) in [5, 5.41) is 4.26. The van der Waals surface area contributed by atoms with Gasteiger partial charge in [-0.25, -0.2) is 0 Å². The Kier molecular flexibility index (Phi) is 1.85. The third-order valence-corrected chi connectivity index (χ3v) is 2.01. The molecule has 66 valence electrons. The Hall–Kier alpha value is -1.64. The molecule has 2 rings (SSSR count). The van der Waals surface area contributed by atoms with E-state index < -0.39 is 0 Å². The summed E-state index contributed by atoms with van der Waals surface area (Å²) < 4.78 is 0. The van der Waals surface area contributed by atoms with E-state index in [-0.39, 0.29) is 0 Å². The lowest BCUT2D eigenvalue weighted by atomic mass is 10.2. The molecule has 0 aliphatic heterocycles. The molecule has 3 heteroatoms. The van der Waals surface area contributed by atoms with E-state index in [1.807, 2.05) is 26.1 Å². The maximum atomic E-state index is 4.38. The highest BCUT2D eigenvalue weighted by atomic mass is 14.8. The summed E-state index contributed by atoms with van der Waals surface area (Å²) in [6, 6.07) is 4.00. The number of aromatic nitrogens is 2. The fraction of sp³-hybridized carbons (Fsp3) is 0.200. The predicted octanol–water partition coefficient (Wildman–Crippen LogP) is 1.98. The van der Waals surface area contributed by atoms with Crippen LogP contribution in [0.4, 0.5) is 5.69 Å². The molecule has 0 aliphatic rings. The first-order valence-electron chi connectivity index (χ1n) is 4.20. The fourth-order valence-corrected chi connectivity index (χ4v) is 1.42. The molecule has 0 amide bonds. The molecule has 0 unspecified atom stereocenters. The molecular formula is C10H11N3. The topological polar surface area (TPSA) is 37.8 Å². The minimum absolute atomic E-state index is 0.937. The number of hydrogen-bond donors (Lipinski definition) is 1. The van der Waals surface area contributed by atoms with Crippen LogP contribution >= 0.6 is 0 Å². The molecular weight excluding hydrogens is 162 g/mol. The minimum atomic E-state index is 0.937. The first-order valence-corrected chi connectivity index (χ1v) is 4.20. The van der Waals surface area contributed by atoms with Crippen molar-refractivity contribution in [3.8, 4) is 0 Å². The Morgan fingerprint density at radius 1 is 1.38 bits per heavy atom. The average Bonchev–Trinajstić information content (AvgIpc) is 2.16. The third-order valence-electron chi connectivity index (χ3n) is 2.01. The minimum Gasteiger partial charge on any atom is -0.388 e. The van der Waals surface area contributed by atoms with Gasteiger partial charge in [-0.3, -0.25) is 9.97 Å². The maximum Gasteiger partial charge on any atom is 0.0909 e. The smallest absolute Gasteiger partial charge is 0.0909 e. The zero-order chi connectivity index (χ0) is 9.26. The summed E-state index contributed by atoms with van der Waals surface area (Å²) in [4.78, 5) is 8.42. The van der Waals surface area contributed by atoms with Gasteiger partial charge in [-0.15, -0.1) is 0 Å². The van der Waals surface area contributed by atoms with E-state index in [0.29, 0.717) is 0 Å². The van der Waals surface area contributed by atoms with Crippen LogP contribution < -0.4 is 5.32 Å². The van der Waals surface area contributed by atoms with Gasteiger partial charge in [0.15, 0.2) is 0 Å². The van der Waals surface area contributed by atoms with Crippen molar-refractivity contribution in [2.45, 2.75) is 6.92 Å². The van der Waals surface area contributed by atoms with Crippen LogP contribution in [0, 0.1) is 6.92 Å². The number of aryl methyl sites for hydroxylation is 1. The van der Waals surface area contributed by atoms with Gasteiger partial charge in [0, 0.05) is 30.0 Å². The van der Waals surface area contributed by atoms with Gasteiger partial charge in [-0.05, 0) is 19.1 Å². The van der Waals surface area contributed by atoms with Gasteiger partial charge in [-0.2, -0.15) is 0 Å². The van der Waals surface area contributed by atoms with Gasteiger partial charge >= 0.3 is 0 Å². The van der Waals surface area contributed by atoms with E-state index in [4.69, 9.17) is 0 Å². The Bertz CT molecular complexity index is 437. The van der Waals surface area contributed by atoms with Crippen molar-refractivity contribution in [2.75, 3.05) is 12.4 Å². The Morgan fingerprint density at radius 2 is 2.23 bits per heavy atom. The molecule has 0 bridgehead atoms. The average molecular weight is 173 g/mol. The van der Waals surface area contributed by atoms with Crippen LogP contribution in [0.5, 0.6) is 0 Å². The number of nitrogens with one attached hydrogen (secondary N) is 1. The van der Waals surface area contributed by atoms with E-state index in [0.717, 1.165) is 22.3 Å². The molecule has 2 heterocycles. The van der Waals surface area contributed by atoms with Crippen LogP contribution in [0.3, 0.4) is 0 Å². The largest absolute Gasteiger partial charge is 0.388 e. The van der Waals surface area contributed by atoms with Crippen molar-refractivity contribution in [3.63, 3.8) is 0 Å². The van der Waals surface area contributed by atoms with Crippen molar-refractivity contribution in [3.05, 3.63) is 30.2 Å². The van der Waals surface area contributed by atoms with Crippen LogP contribution in [-0.4, -0.2) is 17.0 Å². The summed E-state index contributed by atoms with van der Waals surface area (Å²) in [6.07, 6.45) is 3.56. The van der Waals surface area contributed by atoms with Gasteiger partial charge < -0.3 is 5.32 Å². The first-order chi connectivity index (χ1) is 6.31. The van der Waals surface area contributed by atoms with Crippen LogP contribution in [-0.2, 0) is 0 Å². The Morgan fingerprint density at radius 3 is 3.00 bits per heavy atom. The number of nitrogens with zero attached hydrogens (tertiary/aromatic N) is 2. The number of rotatable bonds is 1. The van der Waals surface area contributed by atoms with E-state index in [9.17, 15) is 0 Å². The quantitative estimate of drug-likeness (QED) is 0.716. The van der Waals surface area contributed by atoms with Crippen molar-refractivity contribution < 1.29 is 0 Å². The zero-order valence-electron chi connectivity index (χ0n) is 7.70. The molecule has 2 aromatic heterocycles. The summed E-state index contributed by atoms with van der Waals surface area (Å²) in [5.41, 5.74) is 3.04. The number of hydrogen-bond acceptors (Lipinski definition) is 3. The Labute approximate surface area is 76.8 Å². The van der Waals surface area contributed by atoms with Crippen LogP contribution in [0.1, 0.15) is 5.69 Å². The fourth-order valence-electron chi connectivity index (χ4n) is 1.42. The number of anilines is 1. The molecule has 0 saturated carbocycles. The van der Waals surface area contributed by atoms with E-state index >= 15 is 0 Å². The van der Waals surface area contributed by atoms with Gasteiger partial charge in [0.05, 0.1) is 11.7 Å². The van der Waals surface area contributed by atoms with Crippen molar-refractivity contribution in [2.24, 2.45) is 0 Å². The molecule has 0 aliphatic carbocycles. The summed E-state index contributed by atoms with van der Waals surface area (Å²) in [6.45, 7) is 1.98.